The van der Waals surface area contributed by atoms with Crippen LogP contribution in [0.3, 0.4) is 0 Å². The Morgan fingerprint density at radius 1 is 1.67 bits per heavy atom. The molecule has 0 bridgehead atoms. The maximum absolute atomic E-state index is 10.6. The molecule has 2 rings (SSSR count). The van der Waals surface area contributed by atoms with Crippen LogP contribution >= 0.6 is 0 Å². The van der Waals surface area contributed by atoms with Crippen LogP contribution in [-0.2, 0) is 6.54 Å². The number of hydrogen-bond donors (Lipinski definition) is 1. The first-order chi connectivity index (χ1) is 7.16. The van der Waals surface area contributed by atoms with Crippen LogP contribution < -0.4 is 0 Å². The minimum absolute atomic E-state index is 0.169. The van der Waals surface area contributed by atoms with Gasteiger partial charge in [0, 0.05) is 12.4 Å². The molecule has 0 unspecified atom stereocenters. The van der Waals surface area contributed by atoms with E-state index in [9.17, 15) is 4.79 Å². The summed E-state index contributed by atoms with van der Waals surface area (Å²) in [6, 6.07) is 1.52. The van der Waals surface area contributed by atoms with Crippen LogP contribution in [-0.4, -0.2) is 20.6 Å². The Balaban J connectivity index is 2.18. The molecule has 2 aromatic heterocycles. The largest absolute Gasteiger partial charge is 0.478 e. The van der Waals surface area contributed by atoms with Crippen molar-refractivity contribution in [2.45, 2.75) is 13.5 Å². The Hall–Kier alpha value is -2.04. The predicted molar refractivity (Wildman–Crippen MR) is 51.7 cm³/mol. The van der Waals surface area contributed by atoms with Gasteiger partial charge in [-0.2, -0.15) is 0 Å². The summed E-state index contributed by atoms with van der Waals surface area (Å²) < 4.78 is 7.00. The lowest BCUT2D eigenvalue weighted by molar-refractivity contribution is 0.0696. The highest BCUT2D eigenvalue weighted by atomic mass is 16.4. The molecule has 0 amide bonds. The summed E-state index contributed by atoms with van der Waals surface area (Å²) >= 11 is 0. The Bertz CT molecular complexity index is 484. The van der Waals surface area contributed by atoms with Gasteiger partial charge < -0.3 is 14.1 Å². The minimum atomic E-state index is -0.979. The van der Waals surface area contributed by atoms with Gasteiger partial charge in [-0.3, -0.25) is 0 Å². The molecule has 0 aliphatic rings. The average molecular weight is 206 g/mol. The second kappa shape index (κ2) is 3.61. The number of hydrogen-bond acceptors (Lipinski definition) is 3. The maximum atomic E-state index is 10.6. The molecule has 2 heterocycles. The standard InChI is InChI=1S/C10H10N2O3/c1-7-11-2-3-12(7)5-9-4-8(6-15-9)10(13)14/h2-4,6H,5H2,1H3,(H,13,14). The number of furan rings is 1. The van der Waals surface area contributed by atoms with Crippen molar-refractivity contribution in [1.82, 2.24) is 9.55 Å². The van der Waals surface area contributed by atoms with E-state index in [-0.39, 0.29) is 5.56 Å². The van der Waals surface area contributed by atoms with Crippen LogP contribution in [0.25, 0.3) is 0 Å². The average Bonchev–Trinajstić information content (AvgIpc) is 2.77. The lowest BCUT2D eigenvalue weighted by Crippen LogP contribution is -1.99. The van der Waals surface area contributed by atoms with Gasteiger partial charge in [0.25, 0.3) is 0 Å². The van der Waals surface area contributed by atoms with Crippen molar-refractivity contribution in [3.05, 3.63) is 41.9 Å². The highest BCUT2D eigenvalue weighted by Crippen LogP contribution is 2.10. The third kappa shape index (κ3) is 1.90. The van der Waals surface area contributed by atoms with Gasteiger partial charge in [0.1, 0.15) is 17.8 Å². The van der Waals surface area contributed by atoms with Gasteiger partial charge in [-0.1, -0.05) is 0 Å². The summed E-state index contributed by atoms with van der Waals surface area (Å²) in [5.74, 6) is 0.490. The molecular weight excluding hydrogens is 196 g/mol. The first-order valence-corrected chi connectivity index (χ1v) is 4.45. The molecule has 0 aliphatic carbocycles. The summed E-state index contributed by atoms with van der Waals surface area (Å²) in [6.07, 6.45) is 4.75. The zero-order chi connectivity index (χ0) is 10.8. The third-order valence-corrected chi connectivity index (χ3v) is 2.15. The number of aromatic nitrogens is 2. The van der Waals surface area contributed by atoms with Crippen molar-refractivity contribution < 1.29 is 14.3 Å². The van der Waals surface area contributed by atoms with Gasteiger partial charge in [-0.15, -0.1) is 0 Å². The molecule has 2 aromatic rings. The van der Waals surface area contributed by atoms with E-state index in [1.807, 2.05) is 17.7 Å². The molecular formula is C10H10N2O3. The summed E-state index contributed by atoms with van der Waals surface area (Å²) in [6.45, 7) is 2.38. The molecule has 0 saturated heterocycles. The molecule has 78 valence electrons. The third-order valence-electron chi connectivity index (χ3n) is 2.15. The van der Waals surface area contributed by atoms with E-state index >= 15 is 0 Å². The molecule has 1 N–H and O–H groups in total. The summed E-state index contributed by atoms with van der Waals surface area (Å²) in [7, 11) is 0. The van der Waals surface area contributed by atoms with Crippen LogP contribution in [0.5, 0.6) is 0 Å². The molecule has 0 saturated carbocycles. The fraction of sp³-hybridized carbons (Fsp3) is 0.200. The van der Waals surface area contributed by atoms with E-state index in [1.54, 1.807) is 6.20 Å². The first kappa shape index (κ1) is 9.51. The van der Waals surface area contributed by atoms with Crippen molar-refractivity contribution in [2.75, 3.05) is 0 Å². The normalized spacial score (nSPS) is 10.5. The zero-order valence-electron chi connectivity index (χ0n) is 8.17. The van der Waals surface area contributed by atoms with Crippen LogP contribution in [0.2, 0.25) is 0 Å². The van der Waals surface area contributed by atoms with Gasteiger partial charge in [0.05, 0.1) is 12.1 Å². The number of carboxylic acid groups (broad SMARTS) is 1. The van der Waals surface area contributed by atoms with Crippen molar-refractivity contribution in [3.63, 3.8) is 0 Å². The number of imidazole rings is 1. The van der Waals surface area contributed by atoms with Gasteiger partial charge >= 0.3 is 5.97 Å². The fourth-order valence-electron chi connectivity index (χ4n) is 1.31. The van der Waals surface area contributed by atoms with Crippen molar-refractivity contribution in [3.8, 4) is 0 Å². The molecule has 5 heteroatoms. The SMILES string of the molecule is Cc1nccn1Cc1cc(C(=O)O)co1. The quantitative estimate of drug-likeness (QED) is 0.826. The predicted octanol–water partition coefficient (Wildman–Crippen LogP) is 1.53. The van der Waals surface area contributed by atoms with Crippen LogP contribution in [0.1, 0.15) is 21.9 Å². The number of carbonyl (C=O) groups is 1. The Morgan fingerprint density at radius 3 is 3.00 bits per heavy atom. The topological polar surface area (TPSA) is 68.3 Å². The van der Waals surface area contributed by atoms with Crippen molar-refractivity contribution in [2.24, 2.45) is 0 Å². The van der Waals surface area contributed by atoms with Gasteiger partial charge in [-0.25, -0.2) is 9.78 Å². The van der Waals surface area contributed by atoms with E-state index in [0.29, 0.717) is 12.3 Å². The smallest absolute Gasteiger partial charge is 0.338 e. The number of carboxylic acids is 1. The molecule has 0 atom stereocenters. The number of nitrogens with zero attached hydrogens (tertiary/aromatic N) is 2. The Labute approximate surface area is 86.0 Å². The molecule has 0 aromatic carbocycles. The van der Waals surface area contributed by atoms with Gasteiger partial charge in [-0.05, 0) is 13.0 Å². The van der Waals surface area contributed by atoms with E-state index in [0.717, 1.165) is 5.82 Å². The maximum Gasteiger partial charge on any atom is 0.338 e. The monoisotopic (exact) mass is 206 g/mol. The second-order valence-electron chi connectivity index (χ2n) is 3.21. The van der Waals surface area contributed by atoms with Gasteiger partial charge in [0.2, 0.25) is 0 Å². The van der Waals surface area contributed by atoms with E-state index in [4.69, 9.17) is 9.52 Å². The summed E-state index contributed by atoms with van der Waals surface area (Å²) in [5, 5.41) is 8.70. The molecule has 0 aliphatic heterocycles. The fourth-order valence-corrected chi connectivity index (χ4v) is 1.31. The molecule has 0 radical (unpaired) electrons. The number of rotatable bonds is 3. The molecule has 15 heavy (non-hydrogen) atoms. The Morgan fingerprint density at radius 2 is 2.47 bits per heavy atom. The van der Waals surface area contributed by atoms with Crippen LogP contribution in [0.4, 0.5) is 0 Å². The van der Waals surface area contributed by atoms with Gasteiger partial charge in [0.15, 0.2) is 0 Å². The highest BCUT2D eigenvalue weighted by molar-refractivity contribution is 5.87. The lowest BCUT2D eigenvalue weighted by atomic mass is 10.3. The summed E-state index contributed by atoms with van der Waals surface area (Å²) in [5.41, 5.74) is 0.169. The summed E-state index contributed by atoms with van der Waals surface area (Å²) in [4.78, 5) is 14.7. The number of aryl methyl sites for hydroxylation is 1. The zero-order valence-corrected chi connectivity index (χ0v) is 8.17. The van der Waals surface area contributed by atoms with Crippen molar-refractivity contribution >= 4 is 5.97 Å². The number of aromatic carboxylic acids is 1. The van der Waals surface area contributed by atoms with Crippen molar-refractivity contribution in [1.29, 1.82) is 0 Å². The lowest BCUT2D eigenvalue weighted by Gasteiger charge is -2.00. The molecule has 5 nitrogen and oxygen atoms in total. The molecule has 0 spiro atoms. The van der Waals surface area contributed by atoms with E-state index in [2.05, 4.69) is 4.98 Å². The van der Waals surface area contributed by atoms with Crippen LogP contribution in [0.15, 0.2) is 29.1 Å². The van der Waals surface area contributed by atoms with E-state index in [1.165, 1.54) is 12.3 Å². The molecule has 0 fully saturated rings. The second-order valence-corrected chi connectivity index (χ2v) is 3.21. The Kier molecular flexibility index (Phi) is 2.29. The first-order valence-electron chi connectivity index (χ1n) is 4.45. The van der Waals surface area contributed by atoms with Crippen LogP contribution in [0, 0.1) is 6.92 Å². The van der Waals surface area contributed by atoms with E-state index < -0.39 is 5.97 Å². The highest BCUT2D eigenvalue weighted by Gasteiger charge is 2.08. The minimum Gasteiger partial charge on any atom is -0.478 e.